The molecule has 2 fully saturated rings. The van der Waals surface area contributed by atoms with Crippen molar-refractivity contribution in [2.24, 2.45) is 11.1 Å². The maximum absolute atomic E-state index is 13.1. The second-order valence-electron chi connectivity index (χ2n) is 8.17. The first-order valence-corrected chi connectivity index (χ1v) is 8.99. The van der Waals surface area contributed by atoms with Gasteiger partial charge in [-0.1, -0.05) is 59.3 Å². The Morgan fingerprint density at radius 2 is 1.29 bits per heavy atom. The van der Waals surface area contributed by atoms with E-state index < -0.39 is 0 Å². The van der Waals surface area contributed by atoms with Gasteiger partial charge in [0.25, 0.3) is 0 Å². The fraction of sp³-hybridized carbons (Fsp3) is 0.944. The van der Waals surface area contributed by atoms with Crippen LogP contribution in [-0.4, -0.2) is 28.9 Å². The van der Waals surface area contributed by atoms with E-state index in [9.17, 15) is 4.79 Å². The molecule has 1 unspecified atom stereocenters. The molecule has 0 radical (unpaired) electrons. The van der Waals surface area contributed by atoms with Crippen LogP contribution in [0.5, 0.6) is 0 Å². The fourth-order valence-corrected chi connectivity index (χ4v) is 3.91. The first kappa shape index (κ1) is 16.8. The van der Waals surface area contributed by atoms with E-state index in [1.54, 1.807) is 0 Å². The highest BCUT2D eigenvalue weighted by Gasteiger charge is 2.38. The maximum Gasteiger partial charge on any atom is 0.240 e. The molecule has 1 amide bonds. The average Bonchev–Trinajstić information content (AvgIpc) is 2.48. The van der Waals surface area contributed by atoms with Crippen LogP contribution in [0.15, 0.2) is 0 Å². The van der Waals surface area contributed by atoms with Crippen molar-refractivity contribution in [3.8, 4) is 0 Å². The third-order valence-corrected chi connectivity index (χ3v) is 5.39. The van der Waals surface area contributed by atoms with Crippen molar-refractivity contribution in [2.45, 2.75) is 103 Å². The zero-order valence-corrected chi connectivity index (χ0v) is 14.2. The van der Waals surface area contributed by atoms with E-state index in [0.29, 0.717) is 12.1 Å². The van der Waals surface area contributed by atoms with Crippen molar-refractivity contribution >= 4 is 5.91 Å². The molecule has 1 atom stereocenters. The van der Waals surface area contributed by atoms with Gasteiger partial charge in [-0.3, -0.25) is 4.79 Å². The van der Waals surface area contributed by atoms with E-state index in [-0.39, 0.29) is 17.4 Å². The second-order valence-corrected chi connectivity index (χ2v) is 8.17. The third-order valence-electron chi connectivity index (χ3n) is 5.39. The predicted molar refractivity (Wildman–Crippen MR) is 88.0 cm³/mol. The molecule has 3 nitrogen and oxygen atoms in total. The Morgan fingerprint density at radius 3 is 1.62 bits per heavy atom. The molecule has 0 saturated heterocycles. The van der Waals surface area contributed by atoms with Crippen molar-refractivity contribution in [1.29, 1.82) is 0 Å². The predicted octanol–water partition coefficient (Wildman–Crippen LogP) is 3.85. The van der Waals surface area contributed by atoms with E-state index in [2.05, 4.69) is 25.7 Å². The van der Waals surface area contributed by atoms with Gasteiger partial charge in [-0.05, 0) is 31.1 Å². The smallest absolute Gasteiger partial charge is 0.240 e. The molecule has 0 bridgehead atoms. The Kier molecular flexibility index (Phi) is 5.70. The largest absolute Gasteiger partial charge is 0.335 e. The Labute approximate surface area is 130 Å². The summed E-state index contributed by atoms with van der Waals surface area (Å²) in [6.45, 7) is 6.24. The third kappa shape index (κ3) is 4.21. The molecule has 2 saturated carbocycles. The van der Waals surface area contributed by atoms with Crippen molar-refractivity contribution in [3.63, 3.8) is 0 Å². The molecule has 0 aromatic rings. The van der Waals surface area contributed by atoms with Gasteiger partial charge in [0.05, 0.1) is 6.04 Å². The minimum Gasteiger partial charge on any atom is -0.335 e. The molecule has 122 valence electrons. The van der Waals surface area contributed by atoms with Gasteiger partial charge in [0.1, 0.15) is 0 Å². The number of nitrogens with zero attached hydrogens (tertiary/aromatic N) is 1. The van der Waals surface area contributed by atoms with Crippen LogP contribution in [-0.2, 0) is 4.79 Å². The van der Waals surface area contributed by atoms with Crippen molar-refractivity contribution in [2.75, 3.05) is 0 Å². The lowest BCUT2D eigenvalue weighted by atomic mass is 9.83. The van der Waals surface area contributed by atoms with Crippen LogP contribution in [0.3, 0.4) is 0 Å². The van der Waals surface area contributed by atoms with Crippen LogP contribution in [0.4, 0.5) is 0 Å². The Morgan fingerprint density at radius 1 is 0.905 bits per heavy atom. The molecule has 2 aliphatic rings. The lowest BCUT2D eigenvalue weighted by molar-refractivity contribution is -0.141. The molecular formula is C18H34N2O. The summed E-state index contributed by atoms with van der Waals surface area (Å²) in [7, 11) is 0. The van der Waals surface area contributed by atoms with Crippen LogP contribution < -0.4 is 5.73 Å². The Bertz CT molecular complexity index is 318. The van der Waals surface area contributed by atoms with E-state index in [1.807, 2.05) is 0 Å². The van der Waals surface area contributed by atoms with Gasteiger partial charge in [-0.2, -0.15) is 0 Å². The highest BCUT2D eigenvalue weighted by atomic mass is 16.2. The maximum atomic E-state index is 13.1. The van der Waals surface area contributed by atoms with Crippen LogP contribution in [0.25, 0.3) is 0 Å². The number of nitrogens with two attached hydrogens (primary N) is 1. The number of hydrogen-bond donors (Lipinski definition) is 1. The minimum atomic E-state index is -0.374. The van der Waals surface area contributed by atoms with Gasteiger partial charge in [0.2, 0.25) is 5.91 Å². The van der Waals surface area contributed by atoms with E-state index in [0.717, 1.165) is 0 Å². The lowest BCUT2D eigenvalue weighted by Gasteiger charge is -2.44. The van der Waals surface area contributed by atoms with Crippen LogP contribution in [0, 0.1) is 5.41 Å². The summed E-state index contributed by atoms with van der Waals surface area (Å²) in [6, 6.07) is 0.520. The Hall–Kier alpha value is -0.570. The summed E-state index contributed by atoms with van der Waals surface area (Å²) in [5.74, 6) is 0.210. The molecule has 0 aromatic carbocycles. The number of hydrogen-bond acceptors (Lipinski definition) is 2. The normalized spacial score (nSPS) is 23.8. The lowest BCUT2D eigenvalue weighted by Crippen LogP contribution is -2.57. The van der Waals surface area contributed by atoms with E-state index >= 15 is 0 Å². The number of amides is 1. The zero-order valence-electron chi connectivity index (χ0n) is 14.2. The summed E-state index contributed by atoms with van der Waals surface area (Å²) < 4.78 is 0. The molecular weight excluding hydrogens is 260 g/mol. The first-order chi connectivity index (χ1) is 9.91. The summed E-state index contributed by atoms with van der Waals surface area (Å²) in [5.41, 5.74) is 6.16. The van der Waals surface area contributed by atoms with Gasteiger partial charge in [0, 0.05) is 12.1 Å². The Balaban J connectivity index is 2.15. The van der Waals surface area contributed by atoms with Gasteiger partial charge < -0.3 is 10.6 Å². The first-order valence-electron chi connectivity index (χ1n) is 8.99. The molecule has 3 heteroatoms. The molecule has 2 N–H and O–H groups in total. The summed E-state index contributed by atoms with van der Waals surface area (Å²) in [4.78, 5) is 15.3. The SMILES string of the molecule is CC(C)(C)C(N)C(=O)N(C1CCCCC1)C1CCCCC1. The molecule has 0 aromatic heterocycles. The highest BCUT2D eigenvalue weighted by Crippen LogP contribution is 2.32. The molecule has 0 aliphatic heterocycles. The second kappa shape index (κ2) is 7.13. The van der Waals surface area contributed by atoms with Gasteiger partial charge in [0.15, 0.2) is 0 Å². The monoisotopic (exact) mass is 294 g/mol. The minimum absolute atomic E-state index is 0.154. The number of carbonyl (C=O) groups is 1. The topological polar surface area (TPSA) is 46.3 Å². The molecule has 2 aliphatic carbocycles. The van der Waals surface area contributed by atoms with Crippen molar-refractivity contribution < 1.29 is 4.79 Å². The quantitative estimate of drug-likeness (QED) is 0.859. The molecule has 0 spiro atoms. The fourth-order valence-electron chi connectivity index (χ4n) is 3.91. The van der Waals surface area contributed by atoms with Gasteiger partial charge in [-0.15, -0.1) is 0 Å². The van der Waals surface area contributed by atoms with E-state index in [4.69, 9.17) is 5.73 Å². The number of carbonyl (C=O) groups excluding carboxylic acids is 1. The standard InChI is InChI=1S/C18H34N2O/c1-18(2,3)16(19)17(21)20(14-10-6-4-7-11-14)15-12-8-5-9-13-15/h14-16H,4-13,19H2,1-3H3. The van der Waals surface area contributed by atoms with Crippen LogP contribution in [0.2, 0.25) is 0 Å². The van der Waals surface area contributed by atoms with Gasteiger partial charge >= 0.3 is 0 Å². The highest BCUT2D eigenvalue weighted by molar-refractivity contribution is 5.83. The molecule has 21 heavy (non-hydrogen) atoms. The molecule has 0 heterocycles. The number of rotatable bonds is 3. The molecule has 2 rings (SSSR count). The summed E-state index contributed by atoms with van der Waals surface area (Å²) in [5, 5.41) is 0. The van der Waals surface area contributed by atoms with Crippen molar-refractivity contribution in [3.05, 3.63) is 0 Å². The van der Waals surface area contributed by atoms with Crippen LogP contribution >= 0.6 is 0 Å². The van der Waals surface area contributed by atoms with Crippen molar-refractivity contribution in [1.82, 2.24) is 4.90 Å². The average molecular weight is 294 g/mol. The van der Waals surface area contributed by atoms with Crippen LogP contribution in [0.1, 0.15) is 85.0 Å². The summed E-state index contributed by atoms with van der Waals surface area (Å²) in [6.07, 6.45) is 12.5. The van der Waals surface area contributed by atoms with E-state index in [1.165, 1.54) is 64.2 Å². The summed E-state index contributed by atoms with van der Waals surface area (Å²) >= 11 is 0. The zero-order chi connectivity index (χ0) is 15.5. The van der Waals surface area contributed by atoms with Gasteiger partial charge in [-0.25, -0.2) is 0 Å².